The van der Waals surface area contributed by atoms with Gasteiger partial charge in [0.1, 0.15) is 11.5 Å². The minimum Gasteiger partial charge on any atom is -0.497 e. The van der Waals surface area contributed by atoms with Gasteiger partial charge >= 0.3 is 5.97 Å². The molecule has 2 aromatic carbocycles. The molecule has 2 aromatic rings. The molecular weight excluding hydrogens is 342 g/mol. The predicted molar refractivity (Wildman–Crippen MR) is 105 cm³/mol. The SMILES string of the molecule is CCc1cc(/C=C2/N=C(CCc3ccc(OC)cc3)OC2=O)ccc1OC. The molecular formula is C22H23NO4. The van der Waals surface area contributed by atoms with E-state index in [2.05, 4.69) is 11.9 Å². The second kappa shape index (κ2) is 8.54. The summed E-state index contributed by atoms with van der Waals surface area (Å²) in [6.45, 7) is 2.06. The van der Waals surface area contributed by atoms with Crippen molar-refractivity contribution >= 4 is 17.9 Å². The molecule has 0 N–H and O–H groups in total. The average Bonchev–Trinajstić information content (AvgIpc) is 3.06. The highest BCUT2D eigenvalue weighted by atomic mass is 16.6. The van der Waals surface area contributed by atoms with Crippen LogP contribution in [0.25, 0.3) is 6.08 Å². The van der Waals surface area contributed by atoms with E-state index in [0.29, 0.717) is 18.0 Å². The number of rotatable bonds is 7. The normalized spacial score (nSPS) is 14.9. The molecule has 0 saturated carbocycles. The Kier molecular flexibility index (Phi) is 5.91. The first kappa shape index (κ1) is 18.7. The minimum absolute atomic E-state index is 0.326. The van der Waals surface area contributed by atoms with Crippen LogP contribution in [-0.4, -0.2) is 26.1 Å². The molecule has 0 aromatic heterocycles. The molecule has 27 heavy (non-hydrogen) atoms. The summed E-state index contributed by atoms with van der Waals surface area (Å²) in [6.07, 6.45) is 3.91. The zero-order chi connectivity index (χ0) is 19.2. The molecule has 0 bridgehead atoms. The van der Waals surface area contributed by atoms with Gasteiger partial charge in [-0.25, -0.2) is 9.79 Å². The third-order valence-electron chi connectivity index (χ3n) is 4.44. The van der Waals surface area contributed by atoms with Crippen molar-refractivity contribution in [1.29, 1.82) is 0 Å². The first-order valence-electron chi connectivity index (χ1n) is 8.94. The van der Waals surface area contributed by atoms with E-state index in [4.69, 9.17) is 14.2 Å². The highest BCUT2D eigenvalue weighted by Crippen LogP contribution is 2.24. The van der Waals surface area contributed by atoms with E-state index in [1.165, 1.54) is 0 Å². The third kappa shape index (κ3) is 4.56. The van der Waals surface area contributed by atoms with Crippen molar-refractivity contribution in [3.8, 4) is 11.5 Å². The molecule has 3 rings (SSSR count). The molecule has 0 amide bonds. The number of carbonyl (C=O) groups is 1. The first-order valence-corrected chi connectivity index (χ1v) is 8.94. The molecule has 5 nitrogen and oxygen atoms in total. The zero-order valence-electron chi connectivity index (χ0n) is 15.8. The summed E-state index contributed by atoms with van der Waals surface area (Å²) >= 11 is 0. The molecule has 0 radical (unpaired) electrons. The molecule has 0 saturated heterocycles. The number of nitrogens with zero attached hydrogens (tertiary/aromatic N) is 1. The van der Waals surface area contributed by atoms with Gasteiger partial charge in [-0.15, -0.1) is 0 Å². The van der Waals surface area contributed by atoms with E-state index in [-0.39, 0.29) is 0 Å². The monoisotopic (exact) mass is 365 g/mol. The van der Waals surface area contributed by atoms with Crippen LogP contribution in [0.1, 0.15) is 30.0 Å². The van der Waals surface area contributed by atoms with Crippen molar-refractivity contribution in [3.63, 3.8) is 0 Å². The van der Waals surface area contributed by atoms with E-state index in [9.17, 15) is 4.79 Å². The van der Waals surface area contributed by atoms with Crippen molar-refractivity contribution in [1.82, 2.24) is 0 Å². The summed E-state index contributed by atoms with van der Waals surface area (Å²) in [7, 11) is 3.29. The molecule has 0 aliphatic carbocycles. The Hall–Kier alpha value is -3.08. The smallest absolute Gasteiger partial charge is 0.363 e. The van der Waals surface area contributed by atoms with Gasteiger partial charge in [-0.3, -0.25) is 0 Å². The predicted octanol–water partition coefficient (Wildman–Crippen LogP) is 4.20. The number of benzene rings is 2. The Bertz CT molecular complexity index is 882. The van der Waals surface area contributed by atoms with Crippen LogP contribution in [0.3, 0.4) is 0 Å². The van der Waals surface area contributed by atoms with Crippen molar-refractivity contribution in [2.75, 3.05) is 14.2 Å². The highest BCUT2D eigenvalue weighted by Gasteiger charge is 2.22. The van der Waals surface area contributed by atoms with Gasteiger partial charge in [-0.2, -0.15) is 0 Å². The lowest BCUT2D eigenvalue weighted by Gasteiger charge is -2.07. The number of cyclic esters (lactones) is 1. The number of aliphatic imine (C=N–C) groups is 1. The lowest BCUT2D eigenvalue weighted by atomic mass is 10.1. The molecule has 5 heteroatoms. The number of esters is 1. The van der Waals surface area contributed by atoms with Gasteiger partial charge in [0.15, 0.2) is 11.6 Å². The molecule has 0 fully saturated rings. The van der Waals surface area contributed by atoms with Crippen LogP contribution in [0.15, 0.2) is 53.2 Å². The Morgan fingerprint density at radius 3 is 2.48 bits per heavy atom. The van der Waals surface area contributed by atoms with Crippen LogP contribution in [0.2, 0.25) is 0 Å². The van der Waals surface area contributed by atoms with E-state index < -0.39 is 5.97 Å². The van der Waals surface area contributed by atoms with Crippen LogP contribution in [0, 0.1) is 0 Å². The molecule has 1 aliphatic heterocycles. The van der Waals surface area contributed by atoms with E-state index in [1.807, 2.05) is 42.5 Å². The summed E-state index contributed by atoms with van der Waals surface area (Å²) in [5, 5.41) is 0. The van der Waals surface area contributed by atoms with Gasteiger partial charge in [0.25, 0.3) is 0 Å². The van der Waals surface area contributed by atoms with Crippen LogP contribution >= 0.6 is 0 Å². The molecule has 1 heterocycles. The van der Waals surface area contributed by atoms with Crippen LogP contribution in [0.5, 0.6) is 11.5 Å². The summed E-state index contributed by atoms with van der Waals surface area (Å²) in [5.74, 6) is 1.71. The van der Waals surface area contributed by atoms with Gasteiger partial charge in [0.2, 0.25) is 0 Å². The Morgan fingerprint density at radius 2 is 1.81 bits per heavy atom. The summed E-state index contributed by atoms with van der Waals surface area (Å²) in [4.78, 5) is 16.5. The van der Waals surface area contributed by atoms with Gasteiger partial charge in [-0.05, 0) is 59.9 Å². The number of hydrogen-bond acceptors (Lipinski definition) is 5. The number of methoxy groups -OCH3 is 2. The Balaban J connectivity index is 1.70. The molecule has 0 atom stereocenters. The summed E-state index contributed by atoms with van der Waals surface area (Å²) < 4.78 is 15.8. The van der Waals surface area contributed by atoms with Gasteiger partial charge in [0.05, 0.1) is 14.2 Å². The summed E-state index contributed by atoms with van der Waals surface area (Å²) in [5.41, 5.74) is 3.45. The van der Waals surface area contributed by atoms with E-state index in [0.717, 1.165) is 41.0 Å². The number of carbonyl (C=O) groups excluding carboxylic acids is 1. The standard InChI is InChI=1S/C22H23NO4/c1-4-17-13-16(7-11-20(17)26-3)14-19-22(24)27-21(23-19)12-8-15-5-9-18(25-2)10-6-15/h5-7,9-11,13-14H,4,8,12H2,1-3H3/b19-14+. The Labute approximate surface area is 159 Å². The molecule has 140 valence electrons. The van der Waals surface area contributed by atoms with Crippen molar-refractivity contribution in [2.45, 2.75) is 26.2 Å². The fourth-order valence-electron chi connectivity index (χ4n) is 2.93. The second-order valence-corrected chi connectivity index (χ2v) is 6.20. The average molecular weight is 365 g/mol. The highest BCUT2D eigenvalue weighted by molar-refractivity contribution is 6.07. The molecule has 0 unspecified atom stereocenters. The molecule has 0 spiro atoms. The lowest BCUT2D eigenvalue weighted by Crippen LogP contribution is -2.05. The zero-order valence-corrected chi connectivity index (χ0v) is 15.8. The van der Waals surface area contributed by atoms with Crippen molar-refractivity contribution < 1.29 is 19.0 Å². The van der Waals surface area contributed by atoms with Gasteiger partial charge in [0, 0.05) is 6.42 Å². The fraction of sp³-hybridized carbons (Fsp3) is 0.273. The minimum atomic E-state index is -0.409. The van der Waals surface area contributed by atoms with Crippen LogP contribution < -0.4 is 9.47 Å². The number of ether oxygens (including phenoxy) is 3. The maximum absolute atomic E-state index is 12.1. The topological polar surface area (TPSA) is 57.1 Å². The maximum Gasteiger partial charge on any atom is 0.363 e. The van der Waals surface area contributed by atoms with E-state index in [1.54, 1.807) is 20.3 Å². The molecule has 1 aliphatic rings. The largest absolute Gasteiger partial charge is 0.497 e. The Morgan fingerprint density at radius 1 is 1.04 bits per heavy atom. The van der Waals surface area contributed by atoms with Crippen LogP contribution in [-0.2, 0) is 22.4 Å². The van der Waals surface area contributed by atoms with Gasteiger partial charge in [-0.1, -0.05) is 25.1 Å². The second-order valence-electron chi connectivity index (χ2n) is 6.20. The number of aryl methyl sites for hydroxylation is 2. The fourth-order valence-corrected chi connectivity index (χ4v) is 2.93. The van der Waals surface area contributed by atoms with E-state index >= 15 is 0 Å². The van der Waals surface area contributed by atoms with Gasteiger partial charge < -0.3 is 14.2 Å². The van der Waals surface area contributed by atoms with Crippen molar-refractivity contribution in [3.05, 3.63) is 64.9 Å². The third-order valence-corrected chi connectivity index (χ3v) is 4.44. The first-order chi connectivity index (χ1) is 13.1. The number of hydrogen-bond donors (Lipinski definition) is 0. The maximum atomic E-state index is 12.1. The lowest BCUT2D eigenvalue weighted by molar-refractivity contribution is -0.130. The summed E-state index contributed by atoms with van der Waals surface area (Å²) in [6, 6.07) is 13.6. The quantitative estimate of drug-likeness (QED) is 0.545. The van der Waals surface area contributed by atoms with Crippen LogP contribution in [0.4, 0.5) is 0 Å². The van der Waals surface area contributed by atoms with Crippen molar-refractivity contribution in [2.24, 2.45) is 4.99 Å².